The minimum atomic E-state index is -1.07. The van der Waals surface area contributed by atoms with Gasteiger partial charge in [-0.05, 0) is 30.7 Å². The summed E-state index contributed by atoms with van der Waals surface area (Å²) in [6.45, 7) is 1.65. The SMILES string of the molecule is Cc1c(C(=O)O)cn2ncnc(-c3c(O)[nH]c4cc(F)ccc34)c12. The van der Waals surface area contributed by atoms with Crippen molar-refractivity contribution in [1.82, 2.24) is 19.6 Å². The van der Waals surface area contributed by atoms with Gasteiger partial charge >= 0.3 is 5.97 Å². The Hall–Kier alpha value is -3.42. The Kier molecular flexibility index (Phi) is 2.83. The molecule has 7 nitrogen and oxygen atoms in total. The number of halogens is 1. The maximum Gasteiger partial charge on any atom is 0.337 e. The predicted octanol–water partition coefficient (Wildman–Crippen LogP) is 2.73. The maximum atomic E-state index is 13.4. The molecule has 0 radical (unpaired) electrons. The molecule has 0 saturated carbocycles. The quantitative estimate of drug-likeness (QED) is 0.525. The van der Waals surface area contributed by atoms with Gasteiger partial charge in [0.1, 0.15) is 17.8 Å². The van der Waals surface area contributed by atoms with Crippen LogP contribution in [0.4, 0.5) is 4.39 Å². The van der Waals surface area contributed by atoms with E-state index < -0.39 is 11.8 Å². The zero-order chi connectivity index (χ0) is 17.0. The number of hydrogen-bond acceptors (Lipinski definition) is 4. The van der Waals surface area contributed by atoms with Gasteiger partial charge in [0.05, 0.1) is 22.2 Å². The molecule has 0 atom stereocenters. The minimum absolute atomic E-state index is 0.0992. The third-order valence-electron chi connectivity index (χ3n) is 4.03. The summed E-state index contributed by atoms with van der Waals surface area (Å²) >= 11 is 0. The smallest absolute Gasteiger partial charge is 0.337 e. The highest BCUT2D eigenvalue weighted by Crippen LogP contribution is 2.38. The monoisotopic (exact) mass is 326 g/mol. The van der Waals surface area contributed by atoms with Gasteiger partial charge in [-0.15, -0.1) is 0 Å². The third-order valence-corrected chi connectivity index (χ3v) is 4.03. The fourth-order valence-corrected chi connectivity index (χ4v) is 2.95. The summed E-state index contributed by atoms with van der Waals surface area (Å²) in [6.07, 6.45) is 2.67. The first-order valence-corrected chi connectivity index (χ1v) is 7.04. The second-order valence-corrected chi connectivity index (χ2v) is 5.41. The summed E-state index contributed by atoms with van der Waals surface area (Å²) in [4.78, 5) is 18.3. The molecule has 0 spiro atoms. The van der Waals surface area contributed by atoms with Gasteiger partial charge in [-0.3, -0.25) is 0 Å². The molecular formula is C16H11FN4O3. The molecule has 0 amide bonds. The molecule has 24 heavy (non-hydrogen) atoms. The number of aromatic carboxylic acids is 1. The van der Waals surface area contributed by atoms with Crippen LogP contribution in [0, 0.1) is 12.7 Å². The number of nitrogens with zero attached hydrogens (tertiary/aromatic N) is 3. The first kappa shape index (κ1) is 14.2. The van der Waals surface area contributed by atoms with Gasteiger partial charge in [0, 0.05) is 11.6 Å². The molecule has 3 N–H and O–H groups in total. The largest absolute Gasteiger partial charge is 0.494 e. The highest BCUT2D eigenvalue weighted by atomic mass is 19.1. The van der Waals surface area contributed by atoms with Crippen molar-refractivity contribution in [2.45, 2.75) is 6.92 Å². The number of carboxylic acids is 1. The first-order chi connectivity index (χ1) is 11.5. The lowest BCUT2D eigenvalue weighted by Gasteiger charge is -2.04. The molecule has 120 valence electrons. The van der Waals surface area contributed by atoms with Crippen molar-refractivity contribution in [3.05, 3.63) is 47.7 Å². The molecule has 4 rings (SSSR count). The van der Waals surface area contributed by atoms with Crippen LogP contribution in [-0.2, 0) is 0 Å². The van der Waals surface area contributed by atoms with E-state index in [1.54, 1.807) is 6.92 Å². The molecular weight excluding hydrogens is 315 g/mol. The lowest BCUT2D eigenvalue weighted by Crippen LogP contribution is -1.96. The second kappa shape index (κ2) is 4.79. The second-order valence-electron chi connectivity index (χ2n) is 5.41. The Bertz CT molecular complexity index is 1130. The van der Waals surface area contributed by atoms with Gasteiger partial charge in [0.2, 0.25) is 0 Å². The van der Waals surface area contributed by atoms with E-state index in [1.807, 2.05) is 0 Å². The number of rotatable bonds is 2. The van der Waals surface area contributed by atoms with E-state index in [4.69, 9.17) is 0 Å². The average molecular weight is 326 g/mol. The summed E-state index contributed by atoms with van der Waals surface area (Å²) in [5, 5.41) is 24.2. The van der Waals surface area contributed by atoms with Crippen LogP contribution < -0.4 is 0 Å². The topological polar surface area (TPSA) is 104 Å². The van der Waals surface area contributed by atoms with Gasteiger partial charge in [-0.2, -0.15) is 5.10 Å². The van der Waals surface area contributed by atoms with E-state index in [-0.39, 0.29) is 11.4 Å². The number of aromatic amines is 1. The molecule has 1 aromatic carbocycles. The van der Waals surface area contributed by atoms with E-state index in [9.17, 15) is 19.4 Å². The van der Waals surface area contributed by atoms with Crippen LogP contribution in [0.2, 0.25) is 0 Å². The van der Waals surface area contributed by atoms with Gasteiger partial charge < -0.3 is 15.2 Å². The van der Waals surface area contributed by atoms with E-state index in [1.165, 1.54) is 35.2 Å². The molecule has 8 heteroatoms. The summed E-state index contributed by atoms with van der Waals surface area (Å²) in [5.41, 5.74) is 2.20. The number of hydrogen-bond donors (Lipinski definition) is 3. The normalized spacial score (nSPS) is 11.4. The molecule has 0 unspecified atom stereocenters. The predicted molar refractivity (Wildman–Crippen MR) is 83.6 cm³/mol. The third kappa shape index (κ3) is 1.86. The summed E-state index contributed by atoms with van der Waals surface area (Å²) in [6, 6.07) is 4.08. The highest BCUT2D eigenvalue weighted by Gasteiger charge is 2.22. The van der Waals surface area contributed by atoms with Gasteiger partial charge in [0.25, 0.3) is 0 Å². The molecule has 3 heterocycles. The Balaban J connectivity index is 2.11. The fraction of sp³-hybridized carbons (Fsp3) is 0.0625. The Morgan fingerprint density at radius 2 is 2.17 bits per heavy atom. The van der Waals surface area contributed by atoms with Crippen molar-refractivity contribution in [3.8, 4) is 17.1 Å². The Morgan fingerprint density at radius 3 is 2.92 bits per heavy atom. The molecule has 0 aliphatic rings. The minimum Gasteiger partial charge on any atom is -0.494 e. The zero-order valence-corrected chi connectivity index (χ0v) is 12.4. The fourth-order valence-electron chi connectivity index (χ4n) is 2.95. The van der Waals surface area contributed by atoms with Gasteiger partial charge in [0.15, 0.2) is 5.88 Å². The van der Waals surface area contributed by atoms with Crippen LogP contribution >= 0.6 is 0 Å². The summed E-state index contributed by atoms with van der Waals surface area (Å²) in [5.74, 6) is -1.68. The van der Waals surface area contributed by atoms with E-state index >= 15 is 0 Å². The maximum absolute atomic E-state index is 13.4. The standard InChI is InChI=1S/C16H11FN4O3/c1-7-10(16(23)24)5-21-14(7)13(18-6-19-21)12-9-3-2-8(17)4-11(9)20-15(12)22/h2-6,20,22H,1H3,(H,23,24). The summed E-state index contributed by atoms with van der Waals surface area (Å²) < 4.78 is 14.8. The number of carboxylic acid groups (broad SMARTS) is 1. The van der Waals surface area contributed by atoms with Crippen LogP contribution in [0.1, 0.15) is 15.9 Å². The van der Waals surface area contributed by atoms with Crippen LogP contribution in [-0.4, -0.2) is 35.8 Å². The zero-order valence-electron chi connectivity index (χ0n) is 12.4. The highest BCUT2D eigenvalue weighted by molar-refractivity contribution is 6.03. The van der Waals surface area contributed by atoms with Crippen molar-refractivity contribution >= 4 is 22.4 Å². The van der Waals surface area contributed by atoms with Crippen molar-refractivity contribution in [3.63, 3.8) is 0 Å². The van der Waals surface area contributed by atoms with Crippen molar-refractivity contribution in [2.75, 3.05) is 0 Å². The molecule has 0 fully saturated rings. The number of aromatic nitrogens is 4. The van der Waals surface area contributed by atoms with E-state index in [0.29, 0.717) is 33.2 Å². The molecule has 0 aliphatic heterocycles. The number of fused-ring (bicyclic) bond motifs is 2. The van der Waals surface area contributed by atoms with Crippen LogP contribution in [0.3, 0.4) is 0 Å². The van der Waals surface area contributed by atoms with Crippen LogP contribution in [0.5, 0.6) is 5.88 Å². The number of H-pyrrole nitrogens is 1. The molecule has 3 aromatic heterocycles. The van der Waals surface area contributed by atoms with Crippen molar-refractivity contribution < 1.29 is 19.4 Å². The molecule has 0 bridgehead atoms. The van der Waals surface area contributed by atoms with Crippen molar-refractivity contribution in [1.29, 1.82) is 0 Å². The van der Waals surface area contributed by atoms with Gasteiger partial charge in [-0.25, -0.2) is 18.7 Å². The van der Waals surface area contributed by atoms with E-state index in [2.05, 4.69) is 15.1 Å². The van der Waals surface area contributed by atoms with Crippen LogP contribution in [0.25, 0.3) is 27.7 Å². The van der Waals surface area contributed by atoms with Crippen molar-refractivity contribution in [2.24, 2.45) is 0 Å². The lowest BCUT2D eigenvalue weighted by atomic mass is 10.1. The first-order valence-electron chi connectivity index (χ1n) is 7.04. The Morgan fingerprint density at radius 1 is 1.38 bits per heavy atom. The molecule has 0 saturated heterocycles. The van der Waals surface area contributed by atoms with E-state index in [0.717, 1.165) is 0 Å². The lowest BCUT2D eigenvalue weighted by molar-refractivity contribution is 0.0696. The average Bonchev–Trinajstić information content (AvgIpc) is 3.04. The number of benzene rings is 1. The number of nitrogens with one attached hydrogen (secondary N) is 1. The Labute approximate surface area is 134 Å². The number of aryl methyl sites for hydroxylation is 1. The number of carbonyl (C=O) groups is 1. The number of aromatic hydroxyl groups is 1. The van der Waals surface area contributed by atoms with Crippen LogP contribution in [0.15, 0.2) is 30.7 Å². The van der Waals surface area contributed by atoms with Gasteiger partial charge in [-0.1, -0.05) is 0 Å². The molecule has 0 aliphatic carbocycles. The summed E-state index contributed by atoms with van der Waals surface area (Å²) in [7, 11) is 0. The molecule has 4 aromatic rings.